The minimum Gasteiger partial charge on any atom is -0.398 e. The van der Waals surface area contributed by atoms with Gasteiger partial charge >= 0.3 is 0 Å². The van der Waals surface area contributed by atoms with Crippen LogP contribution in [0.15, 0.2) is 30.3 Å². The number of hydrogen-bond acceptors (Lipinski definition) is 4. The molecule has 0 fully saturated rings. The van der Waals surface area contributed by atoms with Crippen molar-refractivity contribution in [2.45, 2.75) is 6.92 Å². The molecule has 76 valence electrons. The van der Waals surface area contributed by atoms with E-state index in [1.54, 1.807) is 0 Å². The molecule has 4 heteroatoms. The van der Waals surface area contributed by atoms with Crippen LogP contribution in [-0.2, 0) is 0 Å². The molecule has 1 aromatic heterocycles. The maximum atomic E-state index is 5.85. The summed E-state index contributed by atoms with van der Waals surface area (Å²) in [6.45, 7) is 1.88. The van der Waals surface area contributed by atoms with E-state index in [1.165, 1.54) is 0 Å². The second-order valence-electron chi connectivity index (χ2n) is 3.34. The van der Waals surface area contributed by atoms with Gasteiger partial charge < -0.3 is 11.5 Å². The number of nitrogens with zero attached hydrogens (tertiary/aromatic N) is 2. The van der Waals surface area contributed by atoms with Crippen molar-refractivity contribution in [1.82, 2.24) is 9.97 Å². The Morgan fingerprint density at radius 1 is 1.07 bits per heavy atom. The van der Waals surface area contributed by atoms with Crippen LogP contribution < -0.4 is 11.5 Å². The minimum atomic E-state index is 0.272. The van der Waals surface area contributed by atoms with Crippen molar-refractivity contribution >= 4 is 11.6 Å². The lowest BCUT2D eigenvalue weighted by Gasteiger charge is -2.05. The molecule has 0 aliphatic rings. The van der Waals surface area contributed by atoms with Crippen LogP contribution in [0.1, 0.15) is 5.69 Å². The smallest absolute Gasteiger partial charge is 0.220 e. The van der Waals surface area contributed by atoms with Crippen molar-refractivity contribution in [3.63, 3.8) is 0 Å². The summed E-state index contributed by atoms with van der Waals surface area (Å²) in [7, 11) is 0. The normalized spacial score (nSPS) is 10.2. The second kappa shape index (κ2) is 3.57. The van der Waals surface area contributed by atoms with Gasteiger partial charge in [-0.25, -0.2) is 9.97 Å². The van der Waals surface area contributed by atoms with Gasteiger partial charge in [-0.15, -0.1) is 0 Å². The van der Waals surface area contributed by atoms with Crippen LogP contribution in [0.3, 0.4) is 0 Å². The molecule has 0 atom stereocenters. The van der Waals surface area contributed by atoms with Gasteiger partial charge in [0.15, 0.2) is 0 Å². The zero-order chi connectivity index (χ0) is 10.8. The first-order valence-corrected chi connectivity index (χ1v) is 4.63. The molecule has 0 aliphatic heterocycles. The zero-order valence-corrected chi connectivity index (χ0v) is 8.44. The Morgan fingerprint density at radius 2 is 1.80 bits per heavy atom. The van der Waals surface area contributed by atoms with Crippen LogP contribution in [0.25, 0.3) is 11.3 Å². The van der Waals surface area contributed by atoms with E-state index < -0.39 is 0 Å². The molecule has 4 nitrogen and oxygen atoms in total. The molecule has 0 bridgehead atoms. The Kier molecular flexibility index (Phi) is 2.25. The highest BCUT2D eigenvalue weighted by Gasteiger charge is 2.05. The molecule has 15 heavy (non-hydrogen) atoms. The number of hydrogen-bond donors (Lipinski definition) is 2. The Labute approximate surface area is 88.0 Å². The topological polar surface area (TPSA) is 77.8 Å². The van der Waals surface area contributed by atoms with Crippen molar-refractivity contribution in [1.29, 1.82) is 0 Å². The van der Waals surface area contributed by atoms with Gasteiger partial charge in [-0.3, -0.25) is 0 Å². The number of benzene rings is 1. The maximum absolute atomic E-state index is 5.85. The summed E-state index contributed by atoms with van der Waals surface area (Å²) in [4.78, 5) is 8.17. The number of anilines is 2. The monoisotopic (exact) mass is 200 g/mol. The molecule has 0 saturated heterocycles. The summed E-state index contributed by atoms with van der Waals surface area (Å²) in [6, 6.07) is 9.41. The van der Waals surface area contributed by atoms with E-state index in [4.69, 9.17) is 11.5 Å². The molecule has 2 aromatic rings. The molecular formula is C11H12N4. The fourth-order valence-corrected chi connectivity index (χ4v) is 1.46. The Hall–Kier alpha value is -2.10. The van der Waals surface area contributed by atoms with Crippen molar-refractivity contribution < 1.29 is 0 Å². The lowest BCUT2D eigenvalue weighted by atomic mass is 10.1. The molecule has 4 N–H and O–H groups in total. The van der Waals surface area contributed by atoms with Gasteiger partial charge in [-0.2, -0.15) is 0 Å². The Bertz CT molecular complexity index is 473. The first-order chi connectivity index (χ1) is 7.16. The van der Waals surface area contributed by atoms with Crippen molar-refractivity contribution in [3.05, 3.63) is 36.0 Å². The fourth-order valence-electron chi connectivity index (χ4n) is 1.46. The number of rotatable bonds is 1. The molecule has 0 amide bonds. The lowest BCUT2D eigenvalue weighted by molar-refractivity contribution is 1.12. The highest BCUT2D eigenvalue weighted by atomic mass is 15.0. The first kappa shape index (κ1) is 9.45. The molecule has 0 radical (unpaired) electrons. The van der Waals surface area contributed by atoms with Crippen LogP contribution in [0.4, 0.5) is 11.6 Å². The van der Waals surface area contributed by atoms with Gasteiger partial charge in [0, 0.05) is 16.9 Å². The molecular weight excluding hydrogens is 188 g/mol. The highest BCUT2D eigenvalue weighted by Crippen LogP contribution is 2.24. The van der Waals surface area contributed by atoms with E-state index >= 15 is 0 Å². The summed E-state index contributed by atoms with van der Waals surface area (Å²) in [5.74, 6) is 0.272. The van der Waals surface area contributed by atoms with Crippen LogP contribution >= 0.6 is 0 Å². The summed E-state index contributed by atoms with van der Waals surface area (Å²) in [6.07, 6.45) is 0. The SMILES string of the molecule is Cc1cc(-c2ccccc2N)nc(N)n1. The van der Waals surface area contributed by atoms with Crippen LogP contribution in [0.5, 0.6) is 0 Å². The predicted molar refractivity (Wildman–Crippen MR) is 61.0 cm³/mol. The van der Waals surface area contributed by atoms with Crippen LogP contribution in [-0.4, -0.2) is 9.97 Å². The van der Waals surface area contributed by atoms with E-state index in [9.17, 15) is 0 Å². The summed E-state index contributed by atoms with van der Waals surface area (Å²) in [5, 5.41) is 0. The van der Waals surface area contributed by atoms with Crippen LogP contribution in [0, 0.1) is 6.92 Å². The third-order valence-corrected chi connectivity index (χ3v) is 2.11. The average Bonchev–Trinajstić information content (AvgIpc) is 2.16. The standard InChI is InChI=1S/C11H12N4/c1-7-6-10(15-11(13)14-7)8-4-2-3-5-9(8)12/h2-6H,12H2,1H3,(H2,13,14,15). The predicted octanol–water partition coefficient (Wildman–Crippen LogP) is 1.62. The Morgan fingerprint density at radius 3 is 2.47 bits per heavy atom. The zero-order valence-electron chi connectivity index (χ0n) is 8.44. The fraction of sp³-hybridized carbons (Fsp3) is 0.0909. The molecule has 0 saturated carbocycles. The molecule has 0 aliphatic carbocycles. The molecule has 2 rings (SSSR count). The molecule has 0 spiro atoms. The minimum absolute atomic E-state index is 0.272. The quantitative estimate of drug-likeness (QED) is 0.685. The van der Waals surface area contributed by atoms with Gasteiger partial charge in [0.1, 0.15) is 0 Å². The lowest BCUT2D eigenvalue weighted by Crippen LogP contribution is -1.99. The molecule has 1 heterocycles. The van der Waals surface area contributed by atoms with Crippen molar-refractivity contribution in [2.75, 3.05) is 11.5 Å². The summed E-state index contributed by atoms with van der Waals surface area (Å²) < 4.78 is 0. The third-order valence-electron chi connectivity index (χ3n) is 2.11. The summed E-state index contributed by atoms with van der Waals surface area (Å²) >= 11 is 0. The number of nitrogens with two attached hydrogens (primary N) is 2. The first-order valence-electron chi connectivity index (χ1n) is 4.63. The number of nitrogen functional groups attached to an aromatic ring is 2. The Balaban J connectivity index is 2.59. The third kappa shape index (κ3) is 1.88. The summed E-state index contributed by atoms with van der Waals surface area (Å²) in [5.41, 5.74) is 14.6. The average molecular weight is 200 g/mol. The van der Waals surface area contributed by atoms with Crippen molar-refractivity contribution in [2.24, 2.45) is 0 Å². The molecule has 0 unspecified atom stereocenters. The van der Waals surface area contributed by atoms with Gasteiger partial charge in [-0.1, -0.05) is 18.2 Å². The van der Waals surface area contributed by atoms with E-state index in [-0.39, 0.29) is 5.95 Å². The maximum Gasteiger partial charge on any atom is 0.220 e. The van der Waals surface area contributed by atoms with Gasteiger partial charge in [0.2, 0.25) is 5.95 Å². The van der Waals surface area contributed by atoms with Crippen molar-refractivity contribution in [3.8, 4) is 11.3 Å². The number of aryl methyl sites for hydroxylation is 1. The van der Waals surface area contributed by atoms with Crippen LogP contribution in [0.2, 0.25) is 0 Å². The highest BCUT2D eigenvalue weighted by molar-refractivity contribution is 5.74. The van der Waals surface area contributed by atoms with E-state index in [2.05, 4.69) is 9.97 Å². The second-order valence-corrected chi connectivity index (χ2v) is 3.34. The number of aromatic nitrogens is 2. The van der Waals surface area contributed by atoms with Gasteiger partial charge in [0.25, 0.3) is 0 Å². The van der Waals surface area contributed by atoms with E-state index in [1.807, 2.05) is 37.3 Å². The van der Waals surface area contributed by atoms with E-state index in [0.717, 1.165) is 17.0 Å². The largest absolute Gasteiger partial charge is 0.398 e. The van der Waals surface area contributed by atoms with E-state index in [0.29, 0.717) is 5.69 Å². The van der Waals surface area contributed by atoms with Gasteiger partial charge in [-0.05, 0) is 19.1 Å². The number of para-hydroxylation sites is 1. The van der Waals surface area contributed by atoms with Gasteiger partial charge in [0.05, 0.1) is 5.69 Å². The molecule has 1 aromatic carbocycles.